The van der Waals surface area contributed by atoms with Crippen LogP contribution in [0.5, 0.6) is 11.5 Å². The van der Waals surface area contributed by atoms with Gasteiger partial charge in [0.1, 0.15) is 22.9 Å². The molecule has 38 heavy (non-hydrogen) atoms. The number of phenols is 2. The standard InChI is InChI=1S/C34H48N2O2/c1-25-21-29(27-15-9-7-10-16-27)33(37)31(23-25)35-19-13-5-3-4-6-14-20-36-32-24-26(2)22-30(34(32)38)28-17-11-8-12-18-28/h19-24,27-28,37-38H,3-18H2,1-2H3. The molecule has 2 aromatic carbocycles. The van der Waals surface area contributed by atoms with E-state index < -0.39 is 0 Å². The van der Waals surface area contributed by atoms with Crippen LogP contribution in [0.15, 0.2) is 34.3 Å². The molecule has 0 atom stereocenters. The first-order valence-corrected chi connectivity index (χ1v) is 15.2. The summed E-state index contributed by atoms with van der Waals surface area (Å²) in [6.07, 6.45) is 22.7. The molecule has 0 spiro atoms. The van der Waals surface area contributed by atoms with Crippen molar-refractivity contribution < 1.29 is 10.2 Å². The molecule has 2 saturated carbocycles. The van der Waals surface area contributed by atoms with Crippen LogP contribution in [0.1, 0.15) is 137 Å². The molecule has 0 radical (unpaired) electrons. The van der Waals surface area contributed by atoms with Gasteiger partial charge in [0.2, 0.25) is 0 Å². The smallest absolute Gasteiger partial charge is 0.144 e. The minimum Gasteiger partial charge on any atom is -0.505 e. The molecule has 2 aliphatic carbocycles. The van der Waals surface area contributed by atoms with Crippen molar-refractivity contribution in [3.8, 4) is 11.5 Å². The van der Waals surface area contributed by atoms with Gasteiger partial charge in [-0.05, 0) is 111 Å². The topological polar surface area (TPSA) is 65.2 Å². The molecule has 2 aliphatic rings. The van der Waals surface area contributed by atoms with E-state index >= 15 is 0 Å². The molecule has 206 valence electrons. The van der Waals surface area contributed by atoms with E-state index in [1.807, 2.05) is 24.6 Å². The highest BCUT2D eigenvalue weighted by Gasteiger charge is 2.21. The Hall–Kier alpha value is -2.62. The van der Waals surface area contributed by atoms with E-state index in [2.05, 4.69) is 36.0 Å². The van der Waals surface area contributed by atoms with Crippen molar-refractivity contribution in [2.75, 3.05) is 0 Å². The van der Waals surface area contributed by atoms with Crippen molar-refractivity contribution >= 4 is 23.8 Å². The number of aryl methyl sites for hydroxylation is 2. The van der Waals surface area contributed by atoms with Crippen molar-refractivity contribution in [2.24, 2.45) is 9.98 Å². The molecule has 0 bridgehead atoms. The first kappa shape index (κ1) is 28.4. The molecule has 0 aliphatic heterocycles. The van der Waals surface area contributed by atoms with E-state index in [0.717, 1.165) is 61.0 Å². The van der Waals surface area contributed by atoms with Gasteiger partial charge in [0.05, 0.1) is 0 Å². The molecule has 0 heterocycles. The predicted molar refractivity (Wildman–Crippen MR) is 161 cm³/mol. The summed E-state index contributed by atoms with van der Waals surface area (Å²) in [4.78, 5) is 9.28. The molecule has 0 amide bonds. The largest absolute Gasteiger partial charge is 0.505 e. The summed E-state index contributed by atoms with van der Waals surface area (Å²) in [6, 6.07) is 8.32. The maximum absolute atomic E-state index is 10.8. The van der Waals surface area contributed by atoms with Crippen LogP contribution >= 0.6 is 0 Å². The SMILES string of the molecule is Cc1cc(N=CCCCCCCC=Nc2cc(C)cc(C3CCCCC3)c2O)c(O)c(C2CCCCC2)c1. The summed E-state index contributed by atoms with van der Waals surface area (Å²) in [5.74, 6) is 1.75. The first-order valence-electron chi connectivity index (χ1n) is 15.2. The monoisotopic (exact) mass is 516 g/mol. The Morgan fingerprint density at radius 3 is 1.39 bits per heavy atom. The quantitative estimate of drug-likeness (QED) is 0.230. The fourth-order valence-corrected chi connectivity index (χ4v) is 6.37. The fraction of sp³-hybridized carbons (Fsp3) is 0.588. The number of hydrogen-bond acceptors (Lipinski definition) is 4. The third kappa shape index (κ3) is 7.94. The van der Waals surface area contributed by atoms with Gasteiger partial charge in [-0.15, -0.1) is 0 Å². The summed E-state index contributed by atoms with van der Waals surface area (Å²) >= 11 is 0. The molecule has 0 unspecified atom stereocenters. The molecular weight excluding hydrogens is 468 g/mol. The highest BCUT2D eigenvalue weighted by atomic mass is 16.3. The van der Waals surface area contributed by atoms with Crippen LogP contribution in [-0.2, 0) is 0 Å². The van der Waals surface area contributed by atoms with Gasteiger partial charge in [0.25, 0.3) is 0 Å². The van der Waals surface area contributed by atoms with Crippen LogP contribution in [-0.4, -0.2) is 22.6 Å². The number of benzene rings is 2. The third-order valence-electron chi connectivity index (χ3n) is 8.49. The maximum Gasteiger partial charge on any atom is 0.144 e. The highest BCUT2D eigenvalue weighted by molar-refractivity contribution is 5.69. The van der Waals surface area contributed by atoms with Crippen molar-refractivity contribution in [1.29, 1.82) is 0 Å². The average Bonchev–Trinajstić information content (AvgIpc) is 2.93. The number of aromatic hydroxyl groups is 2. The Kier molecular flexibility index (Phi) is 10.8. The normalized spacial score (nSPS) is 17.6. The van der Waals surface area contributed by atoms with Gasteiger partial charge in [-0.2, -0.15) is 0 Å². The number of rotatable bonds is 11. The number of aliphatic imine (C=N–C) groups is 2. The second-order valence-corrected chi connectivity index (χ2v) is 11.7. The molecule has 2 N–H and O–H groups in total. The Bertz CT molecular complexity index is 1000. The van der Waals surface area contributed by atoms with E-state index in [4.69, 9.17) is 0 Å². The average molecular weight is 517 g/mol. The number of nitrogens with zero attached hydrogens (tertiary/aromatic N) is 2. The molecule has 4 nitrogen and oxygen atoms in total. The van der Waals surface area contributed by atoms with Gasteiger partial charge in [0, 0.05) is 12.4 Å². The van der Waals surface area contributed by atoms with Gasteiger partial charge in [-0.25, -0.2) is 0 Å². The van der Waals surface area contributed by atoms with E-state index in [-0.39, 0.29) is 0 Å². The lowest BCUT2D eigenvalue weighted by molar-refractivity contribution is 0.415. The van der Waals surface area contributed by atoms with Gasteiger partial charge >= 0.3 is 0 Å². The molecule has 4 heteroatoms. The van der Waals surface area contributed by atoms with Gasteiger partial charge in [-0.1, -0.05) is 63.5 Å². The van der Waals surface area contributed by atoms with E-state index in [1.165, 1.54) is 75.3 Å². The van der Waals surface area contributed by atoms with Crippen LogP contribution < -0.4 is 0 Å². The highest BCUT2D eigenvalue weighted by Crippen LogP contribution is 2.43. The Morgan fingerprint density at radius 2 is 1.00 bits per heavy atom. The van der Waals surface area contributed by atoms with Crippen molar-refractivity contribution in [3.63, 3.8) is 0 Å². The summed E-state index contributed by atoms with van der Waals surface area (Å²) in [7, 11) is 0. The second-order valence-electron chi connectivity index (χ2n) is 11.7. The molecule has 2 fully saturated rings. The summed E-state index contributed by atoms with van der Waals surface area (Å²) in [6.45, 7) is 4.20. The Labute approximate surface area is 230 Å². The van der Waals surface area contributed by atoms with Gasteiger partial charge < -0.3 is 10.2 Å². The second kappa shape index (κ2) is 14.5. The zero-order valence-electron chi connectivity index (χ0n) is 23.7. The summed E-state index contributed by atoms with van der Waals surface area (Å²) in [5.41, 5.74) is 6.02. The molecule has 2 aromatic rings. The fourth-order valence-electron chi connectivity index (χ4n) is 6.37. The number of unbranched alkanes of at least 4 members (excludes halogenated alkanes) is 5. The van der Waals surface area contributed by atoms with Crippen LogP contribution in [0.2, 0.25) is 0 Å². The molecule has 0 aromatic heterocycles. The zero-order valence-corrected chi connectivity index (χ0v) is 23.7. The van der Waals surface area contributed by atoms with Gasteiger partial charge in [0.15, 0.2) is 0 Å². The van der Waals surface area contributed by atoms with E-state index in [1.54, 1.807) is 0 Å². The maximum atomic E-state index is 10.8. The van der Waals surface area contributed by atoms with Crippen LogP contribution in [0.3, 0.4) is 0 Å². The summed E-state index contributed by atoms with van der Waals surface area (Å²) in [5, 5.41) is 21.7. The lowest BCUT2D eigenvalue weighted by atomic mass is 9.83. The third-order valence-corrected chi connectivity index (χ3v) is 8.49. The van der Waals surface area contributed by atoms with Crippen LogP contribution in [0, 0.1) is 13.8 Å². The molecule has 4 rings (SSSR count). The predicted octanol–water partition coefficient (Wildman–Crippen LogP) is 10.3. The van der Waals surface area contributed by atoms with E-state index in [0.29, 0.717) is 23.3 Å². The number of hydrogen-bond donors (Lipinski definition) is 2. The summed E-state index contributed by atoms with van der Waals surface area (Å²) < 4.78 is 0. The van der Waals surface area contributed by atoms with Crippen molar-refractivity contribution in [1.82, 2.24) is 0 Å². The van der Waals surface area contributed by atoms with E-state index in [9.17, 15) is 10.2 Å². The minimum atomic E-state index is 0.392. The minimum absolute atomic E-state index is 0.392. The first-order chi connectivity index (χ1) is 18.5. The lowest BCUT2D eigenvalue weighted by Crippen LogP contribution is -2.05. The lowest BCUT2D eigenvalue weighted by Gasteiger charge is -2.23. The van der Waals surface area contributed by atoms with Crippen molar-refractivity contribution in [3.05, 3.63) is 46.5 Å². The zero-order chi connectivity index (χ0) is 26.7. The van der Waals surface area contributed by atoms with Crippen LogP contribution in [0.4, 0.5) is 11.4 Å². The number of phenolic OH excluding ortho intramolecular Hbond substituents is 2. The van der Waals surface area contributed by atoms with Gasteiger partial charge in [-0.3, -0.25) is 9.98 Å². The Morgan fingerprint density at radius 1 is 0.605 bits per heavy atom. The Balaban J connectivity index is 1.18. The van der Waals surface area contributed by atoms with Crippen molar-refractivity contribution in [2.45, 2.75) is 128 Å². The molecule has 0 saturated heterocycles. The van der Waals surface area contributed by atoms with Crippen LogP contribution in [0.25, 0.3) is 0 Å². The molecular formula is C34H48N2O2.